The molecule has 2 aromatic rings. The fraction of sp³-hybridized carbons (Fsp3) is 0.550. The summed E-state index contributed by atoms with van der Waals surface area (Å²) < 4.78 is 1.92. The number of benzene rings is 1. The third-order valence-electron chi connectivity index (χ3n) is 5.04. The van der Waals surface area contributed by atoms with Crippen molar-refractivity contribution < 1.29 is 4.79 Å². The molecule has 7 nitrogen and oxygen atoms in total. The molecular weight excluding hydrogens is 411 g/mol. The zero-order valence-corrected chi connectivity index (χ0v) is 18.9. The van der Waals surface area contributed by atoms with Crippen LogP contribution >= 0.6 is 24.8 Å². The van der Waals surface area contributed by atoms with E-state index in [1.54, 1.807) is 0 Å². The molecule has 1 aliphatic rings. The van der Waals surface area contributed by atoms with Gasteiger partial charge < -0.3 is 15.5 Å². The van der Waals surface area contributed by atoms with Crippen molar-refractivity contribution in [1.82, 2.24) is 30.5 Å². The number of piperidine rings is 1. The van der Waals surface area contributed by atoms with Crippen LogP contribution in [0.25, 0.3) is 0 Å². The van der Waals surface area contributed by atoms with E-state index in [2.05, 4.69) is 38.0 Å². The van der Waals surface area contributed by atoms with E-state index in [9.17, 15) is 4.79 Å². The maximum absolute atomic E-state index is 12.9. The number of amides is 1. The second kappa shape index (κ2) is 12.1. The van der Waals surface area contributed by atoms with Gasteiger partial charge >= 0.3 is 0 Å². The fourth-order valence-corrected chi connectivity index (χ4v) is 3.70. The Bertz CT molecular complexity index is 747. The molecule has 162 valence electrons. The van der Waals surface area contributed by atoms with Crippen molar-refractivity contribution in [1.29, 1.82) is 0 Å². The summed E-state index contributed by atoms with van der Waals surface area (Å²) >= 11 is 0. The van der Waals surface area contributed by atoms with Crippen LogP contribution in [0.3, 0.4) is 0 Å². The maximum atomic E-state index is 12.9. The normalized spacial score (nSPS) is 15.3. The molecule has 1 saturated heterocycles. The van der Waals surface area contributed by atoms with Crippen molar-refractivity contribution in [3.05, 3.63) is 47.3 Å². The van der Waals surface area contributed by atoms with Crippen LogP contribution < -0.4 is 10.6 Å². The molecule has 1 aliphatic heterocycles. The summed E-state index contributed by atoms with van der Waals surface area (Å²) in [5.74, 6) is -0.143. The number of nitrogens with zero attached hydrogens (tertiary/aromatic N) is 4. The van der Waals surface area contributed by atoms with Crippen LogP contribution in [0.2, 0.25) is 0 Å². The van der Waals surface area contributed by atoms with E-state index in [-0.39, 0.29) is 36.8 Å². The first-order valence-electron chi connectivity index (χ1n) is 9.66. The lowest BCUT2D eigenvalue weighted by Gasteiger charge is -2.24. The summed E-state index contributed by atoms with van der Waals surface area (Å²) in [4.78, 5) is 15.0. The first kappa shape index (κ1) is 25.4. The van der Waals surface area contributed by atoms with Crippen LogP contribution in [0.15, 0.2) is 30.3 Å². The zero-order chi connectivity index (χ0) is 19.2. The summed E-state index contributed by atoms with van der Waals surface area (Å²) in [6.07, 6.45) is 2.82. The van der Waals surface area contributed by atoms with Crippen LogP contribution in [-0.2, 0) is 6.42 Å². The van der Waals surface area contributed by atoms with Crippen LogP contribution in [0.5, 0.6) is 0 Å². The largest absolute Gasteiger partial charge is 0.346 e. The molecule has 0 bridgehead atoms. The molecule has 1 atom stereocenters. The van der Waals surface area contributed by atoms with Gasteiger partial charge in [-0.25, -0.2) is 4.68 Å². The summed E-state index contributed by atoms with van der Waals surface area (Å²) in [7, 11) is 4.03. The average molecular weight is 443 g/mol. The van der Waals surface area contributed by atoms with E-state index in [1.807, 2.05) is 43.9 Å². The second-order valence-corrected chi connectivity index (χ2v) is 7.57. The van der Waals surface area contributed by atoms with Crippen molar-refractivity contribution in [2.24, 2.45) is 0 Å². The lowest BCUT2D eigenvalue weighted by Crippen LogP contribution is -2.43. The highest BCUT2D eigenvalue weighted by atomic mass is 35.5. The van der Waals surface area contributed by atoms with Gasteiger partial charge in [-0.3, -0.25) is 4.79 Å². The van der Waals surface area contributed by atoms with Gasteiger partial charge in [0, 0.05) is 12.6 Å². The fourth-order valence-electron chi connectivity index (χ4n) is 3.70. The lowest BCUT2D eigenvalue weighted by atomic mass is 10.1. The molecule has 1 aromatic carbocycles. The molecule has 0 saturated carbocycles. The maximum Gasteiger partial charge on any atom is 0.274 e. The van der Waals surface area contributed by atoms with Gasteiger partial charge in [-0.15, -0.1) is 29.9 Å². The molecule has 0 spiro atoms. The highest BCUT2D eigenvalue weighted by molar-refractivity contribution is 5.93. The number of carbonyl (C=O) groups excluding carboxylic acids is 1. The van der Waals surface area contributed by atoms with Crippen molar-refractivity contribution in [3.8, 4) is 0 Å². The molecular formula is C20H32Cl2N6O. The Morgan fingerprint density at radius 1 is 1.24 bits per heavy atom. The van der Waals surface area contributed by atoms with E-state index >= 15 is 0 Å². The van der Waals surface area contributed by atoms with E-state index in [0.29, 0.717) is 11.7 Å². The van der Waals surface area contributed by atoms with Gasteiger partial charge in [0.25, 0.3) is 5.91 Å². The Morgan fingerprint density at radius 3 is 2.52 bits per heavy atom. The topological polar surface area (TPSA) is 75.1 Å². The Kier molecular flexibility index (Phi) is 10.6. The van der Waals surface area contributed by atoms with Crippen molar-refractivity contribution in [2.45, 2.75) is 38.3 Å². The minimum Gasteiger partial charge on any atom is -0.346 e. The van der Waals surface area contributed by atoms with Gasteiger partial charge in [0.2, 0.25) is 0 Å². The predicted molar refractivity (Wildman–Crippen MR) is 120 cm³/mol. The Morgan fingerprint density at radius 2 is 1.90 bits per heavy atom. The molecule has 3 rings (SSSR count). The second-order valence-electron chi connectivity index (χ2n) is 7.57. The molecule has 2 N–H and O–H groups in total. The van der Waals surface area contributed by atoms with Gasteiger partial charge in [-0.1, -0.05) is 35.5 Å². The molecule has 2 heterocycles. The molecule has 1 amide bonds. The average Bonchev–Trinajstić information content (AvgIpc) is 3.04. The predicted octanol–water partition coefficient (Wildman–Crippen LogP) is 2.26. The summed E-state index contributed by atoms with van der Waals surface area (Å²) in [5.41, 5.74) is 2.49. The monoisotopic (exact) mass is 442 g/mol. The lowest BCUT2D eigenvalue weighted by molar-refractivity contribution is 0.0924. The number of halogens is 2. The van der Waals surface area contributed by atoms with E-state index in [4.69, 9.17) is 0 Å². The first-order valence-corrected chi connectivity index (χ1v) is 9.66. The molecule has 1 unspecified atom stereocenters. The van der Waals surface area contributed by atoms with Crippen molar-refractivity contribution in [3.63, 3.8) is 0 Å². The molecule has 0 aliphatic carbocycles. The number of hydrogen-bond donors (Lipinski definition) is 2. The van der Waals surface area contributed by atoms with Gasteiger partial charge in [0.1, 0.15) is 0 Å². The smallest absolute Gasteiger partial charge is 0.274 e. The number of hydrogen-bond acceptors (Lipinski definition) is 5. The number of carbonyl (C=O) groups is 1. The highest BCUT2D eigenvalue weighted by Crippen LogP contribution is 2.20. The molecule has 0 radical (unpaired) electrons. The Balaban J connectivity index is 0.00000210. The number of rotatable bonds is 7. The number of likely N-dealkylation sites (N-methyl/N-ethyl adjacent to an activating group) is 1. The molecule has 1 aromatic heterocycles. The van der Waals surface area contributed by atoms with Gasteiger partial charge in [0.15, 0.2) is 5.69 Å². The first-order chi connectivity index (χ1) is 13.0. The number of aromatic nitrogens is 3. The zero-order valence-electron chi connectivity index (χ0n) is 17.3. The Hall–Kier alpha value is -1.67. The molecule has 29 heavy (non-hydrogen) atoms. The standard InChI is InChI=1S/C20H30N6O.2ClH/c1-15-19(23-24-26(15)18-9-11-21-12-10-18)20(27)22-17(14-25(2)3)13-16-7-5-4-6-8-16;;/h4-8,17-18,21H,9-14H2,1-3H3,(H,22,27);2*1H. The van der Waals surface area contributed by atoms with Gasteiger partial charge in [-0.2, -0.15) is 0 Å². The van der Waals surface area contributed by atoms with Gasteiger partial charge in [0.05, 0.1) is 11.7 Å². The van der Waals surface area contributed by atoms with E-state index in [1.165, 1.54) is 5.56 Å². The van der Waals surface area contributed by atoms with Crippen molar-refractivity contribution >= 4 is 30.7 Å². The summed E-state index contributed by atoms with van der Waals surface area (Å²) in [6, 6.07) is 10.6. The Labute approximate surface area is 185 Å². The van der Waals surface area contributed by atoms with Crippen LogP contribution in [0.1, 0.15) is 40.6 Å². The van der Waals surface area contributed by atoms with Crippen LogP contribution in [-0.4, -0.2) is 65.6 Å². The van der Waals surface area contributed by atoms with Crippen LogP contribution in [0.4, 0.5) is 0 Å². The molecule has 9 heteroatoms. The van der Waals surface area contributed by atoms with Gasteiger partial charge in [-0.05, 0) is 58.9 Å². The summed E-state index contributed by atoms with van der Waals surface area (Å²) in [5, 5.41) is 15.0. The highest BCUT2D eigenvalue weighted by Gasteiger charge is 2.24. The SMILES string of the molecule is Cc1c(C(=O)NC(Cc2ccccc2)CN(C)C)nnn1C1CCNCC1.Cl.Cl. The van der Waals surface area contributed by atoms with Crippen LogP contribution in [0, 0.1) is 6.92 Å². The number of nitrogens with one attached hydrogen (secondary N) is 2. The minimum absolute atomic E-state index is 0. The third-order valence-corrected chi connectivity index (χ3v) is 5.04. The summed E-state index contributed by atoms with van der Waals surface area (Å²) in [6.45, 7) is 4.66. The molecule has 1 fully saturated rings. The quantitative estimate of drug-likeness (QED) is 0.687. The van der Waals surface area contributed by atoms with Crippen molar-refractivity contribution in [2.75, 3.05) is 33.7 Å². The van der Waals surface area contributed by atoms with E-state index in [0.717, 1.165) is 44.6 Å². The minimum atomic E-state index is -0.143. The van der Waals surface area contributed by atoms with E-state index < -0.39 is 0 Å². The third kappa shape index (κ3) is 6.96.